The second-order valence-corrected chi connectivity index (χ2v) is 8.71. The van der Waals surface area contributed by atoms with Crippen LogP contribution in [0, 0.1) is 5.82 Å². The van der Waals surface area contributed by atoms with Crippen molar-refractivity contribution in [2.45, 2.75) is 31.2 Å². The van der Waals surface area contributed by atoms with Crippen LogP contribution in [-0.2, 0) is 4.79 Å². The highest BCUT2D eigenvalue weighted by molar-refractivity contribution is 5.98. The second-order valence-electron chi connectivity index (χ2n) is 8.71. The molecule has 8 nitrogen and oxygen atoms in total. The van der Waals surface area contributed by atoms with E-state index in [0.29, 0.717) is 25.2 Å². The van der Waals surface area contributed by atoms with Crippen LogP contribution < -0.4 is 26.2 Å². The van der Waals surface area contributed by atoms with E-state index in [9.17, 15) is 22.8 Å². The Balaban J connectivity index is 1.51. The van der Waals surface area contributed by atoms with Crippen LogP contribution in [0.15, 0.2) is 43.0 Å². The first-order chi connectivity index (χ1) is 16.6. The van der Waals surface area contributed by atoms with Crippen LogP contribution in [-0.4, -0.2) is 54.9 Å². The van der Waals surface area contributed by atoms with Gasteiger partial charge in [0.05, 0.1) is 5.56 Å². The summed E-state index contributed by atoms with van der Waals surface area (Å²) in [6.45, 7) is 4.82. The van der Waals surface area contributed by atoms with Crippen LogP contribution in [0.2, 0.25) is 0 Å². The predicted molar refractivity (Wildman–Crippen MR) is 128 cm³/mol. The Kier molecular flexibility index (Phi) is 6.86. The van der Waals surface area contributed by atoms with Crippen LogP contribution in [0.1, 0.15) is 29.6 Å². The van der Waals surface area contributed by atoms with Crippen molar-refractivity contribution < 1.29 is 22.8 Å². The zero-order valence-corrected chi connectivity index (χ0v) is 19.1. The number of nitrogens with zero attached hydrogens (tertiary/aromatic N) is 3. The maximum atomic E-state index is 14.8. The highest BCUT2D eigenvalue weighted by atomic mass is 19.3. The number of rotatable bonds is 7. The normalized spacial score (nSPS) is 19.3. The standard InChI is InChI=1S/C24H27F3N6O2/c1-2-20(34)29-16-7-10-33(14-16)23-18(21(28)35)13-19(25)22(31-23)30-15-3-5-17(6-4-15)32-11-8-24(26,27)9-12-32/h2-6,13,16H,1,7-12,14H2,(H2,28,35)(H,29,34)(H,30,31)/t16-/m0/s1. The molecule has 2 saturated heterocycles. The molecule has 0 spiro atoms. The summed E-state index contributed by atoms with van der Waals surface area (Å²) < 4.78 is 41.6. The van der Waals surface area contributed by atoms with Crippen LogP contribution in [0.3, 0.4) is 0 Å². The van der Waals surface area contributed by atoms with Crippen molar-refractivity contribution in [3.8, 4) is 0 Å². The monoisotopic (exact) mass is 488 g/mol. The molecule has 4 rings (SSSR count). The quantitative estimate of drug-likeness (QED) is 0.518. The zero-order chi connectivity index (χ0) is 25.2. The third-order valence-corrected chi connectivity index (χ3v) is 6.23. The largest absolute Gasteiger partial charge is 0.371 e. The number of nitrogens with one attached hydrogen (secondary N) is 2. The SMILES string of the molecule is C=CC(=O)N[C@H]1CCN(c2nc(Nc3ccc(N4CCC(F)(F)CC4)cc3)c(F)cc2C(N)=O)C1. The molecule has 3 heterocycles. The summed E-state index contributed by atoms with van der Waals surface area (Å²) in [7, 11) is 0. The lowest BCUT2D eigenvalue weighted by Crippen LogP contribution is -2.39. The number of pyridine rings is 1. The molecule has 0 unspecified atom stereocenters. The van der Waals surface area contributed by atoms with Gasteiger partial charge in [-0.3, -0.25) is 9.59 Å². The van der Waals surface area contributed by atoms with Gasteiger partial charge in [0.15, 0.2) is 11.6 Å². The van der Waals surface area contributed by atoms with E-state index in [0.717, 1.165) is 11.8 Å². The molecule has 0 aliphatic carbocycles. The fourth-order valence-electron chi connectivity index (χ4n) is 4.30. The lowest BCUT2D eigenvalue weighted by atomic mass is 10.1. The Labute approximate surface area is 201 Å². The van der Waals surface area contributed by atoms with E-state index >= 15 is 0 Å². The molecule has 1 aromatic carbocycles. The van der Waals surface area contributed by atoms with Crippen molar-refractivity contribution in [2.75, 3.05) is 41.3 Å². The fourth-order valence-corrected chi connectivity index (χ4v) is 4.30. The average Bonchev–Trinajstić information content (AvgIpc) is 3.28. The van der Waals surface area contributed by atoms with Gasteiger partial charge in [-0.1, -0.05) is 6.58 Å². The first kappa shape index (κ1) is 24.4. The van der Waals surface area contributed by atoms with E-state index in [-0.39, 0.29) is 55.1 Å². The molecule has 1 aromatic heterocycles. The maximum Gasteiger partial charge on any atom is 0.252 e. The second kappa shape index (κ2) is 9.85. The van der Waals surface area contributed by atoms with Crippen molar-refractivity contribution in [1.29, 1.82) is 0 Å². The van der Waals surface area contributed by atoms with Gasteiger partial charge >= 0.3 is 0 Å². The summed E-state index contributed by atoms with van der Waals surface area (Å²) in [5.74, 6) is -4.35. The van der Waals surface area contributed by atoms with Crippen molar-refractivity contribution in [3.63, 3.8) is 0 Å². The lowest BCUT2D eigenvalue weighted by Gasteiger charge is -2.33. The number of hydrogen-bond donors (Lipinski definition) is 3. The van der Waals surface area contributed by atoms with Crippen molar-refractivity contribution in [2.24, 2.45) is 5.73 Å². The number of halogens is 3. The Morgan fingerprint density at radius 3 is 2.46 bits per heavy atom. The minimum absolute atomic E-state index is 0.0546. The molecule has 186 valence electrons. The molecule has 1 atom stereocenters. The Morgan fingerprint density at radius 2 is 1.83 bits per heavy atom. The maximum absolute atomic E-state index is 14.8. The molecule has 11 heteroatoms. The van der Waals surface area contributed by atoms with E-state index in [1.807, 2.05) is 4.90 Å². The minimum atomic E-state index is -2.62. The smallest absolute Gasteiger partial charge is 0.252 e. The van der Waals surface area contributed by atoms with E-state index in [1.165, 1.54) is 6.08 Å². The lowest BCUT2D eigenvalue weighted by molar-refractivity contribution is -0.117. The molecule has 4 N–H and O–H groups in total. The Hall–Kier alpha value is -3.76. The average molecular weight is 489 g/mol. The minimum Gasteiger partial charge on any atom is -0.371 e. The van der Waals surface area contributed by atoms with Crippen LogP contribution in [0.5, 0.6) is 0 Å². The Morgan fingerprint density at radius 1 is 1.14 bits per heavy atom. The number of hydrogen-bond acceptors (Lipinski definition) is 6. The highest BCUT2D eigenvalue weighted by Gasteiger charge is 2.34. The van der Waals surface area contributed by atoms with Gasteiger partial charge in [0.1, 0.15) is 5.82 Å². The van der Waals surface area contributed by atoms with Crippen LogP contribution >= 0.6 is 0 Å². The summed E-state index contributed by atoms with van der Waals surface area (Å²) in [6.07, 6.45) is 1.42. The van der Waals surface area contributed by atoms with E-state index < -0.39 is 17.6 Å². The summed E-state index contributed by atoms with van der Waals surface area (Å²) in [4.78, 5) is 31.6. The topological polar surface area (TPSA) is 104 Å². The number of anilines is 4. The molecule has 35 heavy (non-hydrogen) atoms. The van der Waals surface area contributed by atoms with Gasteiger partial charge in [0.2, 0.25) is 5.91 Å². The molecule has 0 bridgehead atoms. The van der Waals surface area contributed by atoms with Crippen LogP contribution in [0.25, 0.3) is 0 Å². The summed E-state index contributed by atoms with van der Waals surface area (Å²) in [5.41, 5.74) is 6.75. The third kappa shape index (κ3) is 5.67. The van der Waals surface area contributed by atoms with Gasteiger partial charge in [-0.05, 0) is 42.8 Å². The zero-order valence-electron chi connectivity index (χ0n) is 19.1. The molecule has 2 amide bonds. The number of carbonyl (C=O) groups excluding carboxylic acids is 2. The molecule has 0 saturated carbocycles. The number of primary amides is 1. The van der Waals surface area contributed by atoms with E-state index in [2.05, 4.69) is 22.2 Å². The van der Waals surface area contributed by atoms with Crippen molar-refractivity contribution in [1.82, 2.24) is 10.3 Å². The number of nitrogens with two attached hydrogens (primary N) is 1. The molecule has 2 aliphatic heterocycles. The Bertz CT molecular complexity index is 1110. The van der Waals surface area contributed by atoms with E-state index in [4.69, 9.17) is 5.73 Å². The summed E-state index contributed by atoms with van der Waals surface area (Å²) in [5, 5.41) is 5.71. The van der Waals surface area contributed by atoms with Gasteiger partial charge in [-0.25, -0.2) is 18.2 Å². The van der Waals surface area contributed by atoms with Crippen molar-refractivity contribution in [3.05, 3.63) is 54.4 Å². The van der Waals surface area contributed by atoms with Crippen LogP contribution in [0.4, 0.5) is 36.2 Å². The fraction of sp³-hybridized carbons (Fsp3) is 0.375. The highest BCUT2D eigenvalue weighted by Crippen LogP contribution is 2.32. The van der Waals surface area contributed by atoms with Gasteiger partial charge in [-0.15, -0.1) is 0 Å². The van der Waals surface area contributed by atoms with Gasteiger partial charge < -0.3 is 26.2 Å². The number of aromatic nitrogens is 1. The van der Waals surface area contributed by atoms with Crippen molar-refractivity contribution >= 4 is 34.8 Å². The molecule has 2 aliphatic rings. The summed E-state index contributed by atoms with van der Waals surface area (Å²) in [6, 6.07) is 7.84. The molecular formula is C24H27F3N6O2. The van der Waals surface area contributed by atoms with Gasteiger partial charge in [-0.2, -0.15) is 0 Å². The van der Waals surface area contributed by atoms with Gasteiger partial charge in [0.25, 0.3) is 11.8 Å². The predicted octanol–water partition coefficient (Wildman–Crippen LogP) is 3.18. The molecule has 2 aromatic rings. The molecular weight excluding hydrogens is 461 g/mol. The summed E-state index contributed by atoms with van der Waals surface area (Å²) >= 11 is 0. The number of carbonyl (C=O) groups is 2. The number of amides is 2. The molecule has 0 radical (unpaired) electrons. The van der Waals surface area contributed by atoms with Gasteiger partial charge in [0, 0.05) is 56.4 Å². The van der Waals surface area contributed by atoms with E-state index in [1.54, 1.807) is 29.2 Å². The first-order valence-electron chi connectivity index (χ1n) is 11.3. The number of benzene rings is 1. The third-order valence-electron chi connectivity index (χ3n) is 6.23. The first-order valence-corrected chi connectivity index (χ1v) is 11.3. The number of alkyl halides is 2. The number of piperidine rings is 1. The molecule has 2 fully saturated rings.